The Bertz CT molecular complexity index is 859. The summed E-state index contributed by atoms with van der Waals surface area (Å²) in [6, 6.07) is 9.40. The first-order valence-corrected chi connectivity index (χ1v) is 8.58. The number of benzene rings is 2. The molecule has 5 nitrogen and oxygen atoms in total. The minimum absolute atomic E-state index is 0.0769. The van der Waals surface area contributed by atoms with Crippen molar-refractivity contribution in [2.45, 2.75) is 33.3 Å². The van der Waals surface area contributed by atoms with E-state index in [9.17, 15) is 14.7 Å². The third-order valence-corrected chi connectivity index (χ3v) is 4.22. The number of ether oxygens (including phenoxy) is 1. The Morgan fingerprint density at radius 3 is 2.27 bits per heavy atom. The van der Waals surface area contributed by atoms with Crippen LogP contribution in [0.5, 0.6) is 0 Å². The molecule has 138 valence electrons. The lowest BCUT2D eigenvalue weighted by Crippen LogP contribution is -2.35. The molecule has 1 N–H and O–H groups in total. The van der Waals surface area contributed by atoms with E-state index in [1.54, 1.807) is 52.0 Å². The number of para-hydroxylation sites is 1. The number of carboxylic acid groups (broad SMARTS) is 1. The van der Waals surface area contributed by atoms with E-state index in [0.29, 0.717) is 5.56 Å². The van der Waals surface area contributed by atoms with Gasteiger partial charge in [-0.25, -0.2) is 14.5 Å². The van der Waals surface area contributed by atoms with Crippen LogP contribution in [0.1, 0.15) is 36.7 Å². The molecule has 0 saturated heterocycles. The van der Waals surface area contributed by atoms with Crippen molar-refractivity contribution in [3.8, 4) is 0 Å². The third kappa shape index (κ3) is 4.29. The number of carbonyl (C=O) groups excluding carboxylic acids is 1. The average Bonchev–Trinajstić information content (AvgIpc) is 2.53. The molecule has 0 bridgehead atoms. The van der Waals surface area contributed by atoms with Crippen molar-refractivity contribution in [1.82, 2.24) is 0 Å². The minimum atomic E-state index is -1.19. The molecule has 0 aliphatic heterocycles. The number of hydrogen-bond acceptors (Lipinski definition) is 3. The Morgan fingerprint density at radius 2 is 1.69 bits per heavy atom. The molecular formula is C19H19Cl2NO4. The molecule has 0 aliphatic carbocycles. The fourth-order valence-corrected chi connectivity index (χ4v) is 2.85. The predicted molar refractivity (Wildman–Crippen MR) is 103 cm³/mol. The van der Waals surface area contributed by atoms with Crippen LogP contribution in [0.4, 0.5) is 16.2 Å². The first-order valence-electron chi connectivity index (χ1n) is 7.83. The number of halogens is 2. The number of nitrogens with zero attached hydrogens (tertiary/aromatic N) is 1. The lowest BCUT2D eigenvalue weighted by molar-refractivity contribution is 0.0599. The van der Waals surface area contributed by atoms with E-state index >= 15 is 0 Å². The normalized spacial score (nSPS) is 11.2. The summed E-state index contributed by atoms with van der Waals surface area (Å²) in [5.41, 5.74) is 0.107. The van der Waals surface area contributed by atoms with Gasteiger partial charge in [0.25, 0.3) is 0 Å². The number of carboxylic acids is 1. The lowest BCUT2D eigenvalue weighted by Gasteiger charge is -2.29. The number of amides is 1. The number of aromatic carboxylic acids is 1. The average molecular weight is 396 g/mol. The van der Waals surface area contributed by atoms with Gasteiger partial charge < -0.3 is 9.84 Å². The van der Waals surface area contributed by atoms with Crippen LogP contribution in [0.25, 0.3) is 0 Å². The number of rotatable bonds is 3. The highest BCUT2D eigenvalue weighted by atomic mass is 35.5. The molecule has 0 spiro atoms. The molecule has 26 heavy (non-hydrogen) atoms. The van der Waals surface area contributed by atoms with Crippen LogP contribution < -0.4 is 4.90 Å². The fraction of sp³-hybridized carbons (Fsp3) is 0.263. The predicted octanol–water partition coefficient (Wildman–Crippen LogP) is 6.07. The maximum Gasteiger partial charge on any atom is 0.419 e. The molecular weight excluding hydrogens is 377 g/mol. The third-order valence-electron chi connectivity index (χ3n) is 3.44. The van der Waals surface area contributed by atoms with Gasteiger partial charge in [-0.15, -0.1) is 0 Å². The lowest BCUT2D eigenvalue weighted by atomic mass is 10.1. The zero-order valence-electron chi connectivity index (χ0n) is 14.8. The van der Waals surface area contributed by atoms with Crippen molar-refractivity contribution in [3.63, 3.8) is 0 Å². The first kappa shape index (κ1) is 20.1. The van der Waals surface area contributed by atoms with Crippen molar-refractivity contribution in [2.75, 3.05) is 4.90 Å². The molecule has 0 saturated carbocycles. The summed E-state index contributed by atoms with van der Waals surface area (Å²) in [5.74, 6) is -1.19. The summed E-state index contributed by atoms with van der Waals surface area (Å²) in [7, 11) is 0. The summed E-state index contributed by atoms with van der Waals surface area (Å²) in [6.07, 6.45) is -0.777. The second kappa shape index (κ2) is 7.56. The summed E-state index contributed by atoms with van der Waals surface area (Å²) >= 11 is 12.7. The molecule has 1 amide bonds. The standard InChI is InChI=1S/C19H19Cl2NO4/c1-11-9-10-13(20)16(15(11)21)22(18(25)26-19(2,3)4)14-8-6-5-7-12(14)17(23)24/h5-10H,1-4H3,(H,23,24). The van der Waals surface area contributed by atoms with Crippen molar-refractivity contribution in [3.05, 3.63) is 57.6 Å². The fourth-order valence-electron chi connectivity index (χ4n) is 2.31. The van der Waals surface area contributed by atoms with E-state index in [1.165, 1.54) is 12.1 Å². The smallest absolute Gasteiger partial charge is 0.419 e. The van der Waals surface area contributed by atoms with Gasteiger partial charge in [0.15, 0.2) is 0 Å². The summed E-state index contributed by atoms with van der Waals surface area (Å²) < 4.78 is 5.47. The highest BCUT2D eigenvalue weighted by molar-refractivity contribution is 6.40. The van der Waals surface area contributed by atoms with Crippen LogP contribution in [-0.4, -0.2) is 22.8 Å². The van der Waals surface area contributed by atoms with Crippen LogP contribution in [0.2, 0.25) is 10.0 Å². The van der Waals surface area contributed by atoms with Crippen LogP contribution in [0.3, 0.4) is 0 Å². The molecule has 0 aromatic heterocycles. The van der Waals surface area contributed by atoms with Gasteiger partial charge in [0, 0.05) is 0 Å². The molecule has 0 radical (unpaired) electrons. The highest BCUT2D eigenvalue weighted by Gasteiger charge is 2.31. The zero-order chi connectivity index (χ0) is 19.6. The Balaban J connectivity index is 2.76. The minimum Gasteiger partial charge on any atom is -0.478 e. The summed E-state index contributed by atoms with van der Waals surface area (Å²) in [4.78, 5) is 25.7. The van der Waals surface area contributed by atoms with E-state index in [4.69, 9.17) is 27.9 Å². The number of anilines is 2. The van der Waals surface area contributed by atoms with E-state index < -0.39 is 17.7 Å². The van der Waals surface area contributed by atoms with Crippen molar-refractivity contribution in [1.29, 1.82) is 0 Å². The molecule has 0 atom stereocenters. The van der Waals surface area contributed by atoms with Gasteiger partial charge in [-0.2, -0.15) is 0 Å². The summed E-state index contributed by atoms with van der Waals surface area (Å²) in [5, 5.41) is 9.96. The van der Waals surface area contributed by atoms with Crippen LogP contribution in [-0.2, 0) is 4.74 Å². The van der Waals surface area contributed by atoms with Crippen LogP contribution >= 0.6 is 23.2 Å². The second-order valence-corrected chi connectivity index (χ2v) is 7.45. The highest BCUT2D eigenvalue weighted by Crippen LogP contribution is 2.41. The molecule has 2 rings (SSSR count). The largest absolute Gasteiger partial charge is 0.478 e. The van der Waals surface area contributed by atoms with Gasteiger partial charge >= 0.3 is 12.1 Å². The van der Waals surface area contributed by atoms with E-state index in [-0.39, 0.29) is 27.0 Å². The van der Waals surface area contributed by atoms with Crippen molar-refractivity contribution < 1.29 is 19.4 Å². The molecule has 7 heteroatoms. The number of hydrogen-bond donors (Lipinski definition) is 1. The molecule has 0 heterocycles. The zero-order valence-corrected chi connectivity index (χ0v) is 16.4. The number of carbonyl (C=O) groups is 2. The Labute approximate surface area is 162 Å². The topological polar surface area (TPSA) is 66.8 Å². The van der Waals surface area contributed by atoms with Gasteiger partial charge in [0.1, 0.15) is 5.60 Å². The van der Waals surface area contributed by atoms with E-state index in [1.807, 2.05) is 0 Å². The Morgan fingerprint density at radius 1 is 1.08 bits per heavy atom. The van der Waals surface area contributed by atoms with Gasteiger partial charge in [0.05, 0.1) is 27.0 Å². The number of aryl methyl sites for hydroxylation is 1. The first-order chi connectivity index (χ1) is 12.0. The Hall–Kier alpha value is -2.24. The van der Waals surface area contributed by atoms with Crippen LogP contribution in [0, 0.1) is 6.92 Å². The van der Waals surface area contributed by atoms with Crippen LogP contribution in [0.15, 0.2) is 36.4 Å². The van der Waals surface area contributed by atoms with E-state index in [0.717, 1.165) is 4.90 Å². The molecule has 0 aliphatic rings. The molecule has 2 aromatic rings. The van der Waals surface area contributed by atoms with Crippen molar-refractivity contribution in [2.24, 2.45) is 0 Å². The van der Waals surface area contributed by atoms with Gasteiger partial charge in [-0.05, 0) is 51.5 Å². The van der Waals surface area contributed by atoms with Crippen molar-refractivity contribution >= 4 is 46.6 Å². The molecule has 2 aromatic carbocycles. The van der Waals surface area contributed by atoms with Gasteiger partial charge in [-0.1, -0.05) is 41.4 Å². The van der Waals surface area contributed by atoms with Gasteiger partial charge in [0.2, 0.25) is 0 Å². The monoisotopic (exact) mass is 395 g/mol. The summed E-state index contributed by atoms with van der Waals surface area (Å²) in [6.45, 7) is 6.90. The molecule has 0 fully saturated rings. The maximum absolute atomic E-state index is 12.9. The Kier molecular flexibility index (Phi) is 5.84. The second-order valence-electron chi connectivity index (χ2n) is 6.66. The SMILES string of the molecule is Cc1ccc(Cl)c(N(C(=O)OC(C)(C)C)c2ccccc2C(=O)O)c1Cl. The quantitative estimate of drug-likeness (QED) is 0.684. The van der Waals surface area contributed by atoms with E-state index in [2.05, 4.69) is 0 Å². The molecule has 0 unspecified atom stereocenters. The van der Waals surface area contributed by atoms with Gasteiger partial charge in [-0.3, -0.25) is 0 Å². The maximum atomic E-state index is 12.9.